The summed E-state index contributed by atoms with van der Waals surface area (Å²) in [6.07, 6.45) is 15.0. The predicted octanol–water partition coefficient (Wildman–Crippen LogP) is 3.23. The molecule has 4 heteroatoms. The van der Waals surface area contributed by atoms with Crippen LogP contribution in [-0.2, 0) is 4.79 Å². The Morgan fingerprint density at radius 2 is 1.58 bits per heavy atom. The third kappa shape index (κ3) is 5.19. The van der Waals surface area contributed by atoms with E-state index in [9.17, 15) is 9.90 Å². The van der Waals surface area contributed by atoms with Gasteiger partial charge in [-0.25, -0.2) is 0 Å². The van der Waals surface area contributed by atoms with Crippen LogP contribution in [0.3, 0.4) is 0 Å². The van der Waals surface area contributed by atoms with E-state index in [0.717, 1.165) is 51.1 Å². The van der Waals surface area contributed by atoms with Gasteiger partial charge >= 0.3 is 0 Å². The van der Waals surface area contributed by atoms with Gasteiger partial charge in [-0.05, 0) is 38.0 Å². The Kier molecular flexibility index (Phi) is 6.96. The van der Waals surface area contributed by atoms with Gasteiger partial charge in [0.15, 0.2) is 0 Å². The molecule has 0 spiro atoms. The normalized spacial score (nSPS) is 31.0. The summed E-state index contributed by atoms with van der Waals surface area (Å²) in [6.45, 7) is 2.05. The Bertz CT molecular complexity index is 387. The maximum atomic E-state index is 12.2. The molecule has 2 saturated carbocycles. The van der Waals surface area contributed by atoms with Crippen LogP contribution in [0, 0.1) is 5.92 Å². The largest absolute Gasteiger partial charge is 0.391 e. The van der Waals surface area contributed by atoms with Crippen LogP contribution < -0.4 is 5.32 Å². The summed E-state index contributed by atoms with van der Waals surface area (Å²) < 4.78 is 0. The van der Waals surface area contributed by atoms with Crippen LogP contribution in [0.2, 0.25) is 0 Å². The average Bonchev–Trinajstić information content (AvgIpc) is 2.62. The second-order valence-electron chi connectivity index (χ2n) is 8.34. The Balaban J connectivity index is 1.33. The van der Waals surface area contributed by atoms with E-state index in [1.807, 2.05) is 0 Å². The van der Waals surface area contributed by atoms with Crippen molar-refractivity contribution in [3.05, 3.63) is 0 Å². The van der Waals surface area contributed by atoms with Gasteiger partial charge in [0.25, 0.3) is 0 Å². The minimum atomic E-state index is -0.139. The molecule has 2 unspecified atom stereocenters. The molecule has 0 bridgehead atoms. The second kappa shape index (κ2) is 9.19. The SMILES string of the molecule is O=C(CCC1CCCCC1)NC1CCN(C2CCCCC2O)CC1. The van der Waals surface area contributed by atoms with Gasteiger partial charge in [-0.15, -0.1) is 0 Å². The highest BCUT2D eigenvalue weighted by molar-refractivity contribution is 5.76. The number of nitrogens with one attached hydrogen (secondary N) is 1. The summed E-state index contributed by atoms with van der Waals surface area (Å²) in [5.74, 6) is 1.05. The van der Waals surface area contributed by atoms with Gasteiger partial charge in [0, 0.05) is 31.6 Å². The molecule has 24 heavy (non-hydrogen) atoms. The zero-order valence-corrected chi connectivity index (χ0v) is 15.2. The second-order valence-corrected chi connectivity index (χ2v) is 8.34. The first-order valence-electron chi connectivity index (χ1n) is 10.4. The molecule has 2 aliphatic carbocycles. The lowest BCUT2D eigenvalue weighted by atomic mass is 9.86. The van der Waals surface area contributed by atoms with E-state index in [4.69, 9.17) is 0 Å². The standard InChI is InChI=1S/C20H36N2O2/c23-19-9-5-4-8-18(19)22-14-12-17(13-15-22)21-20(24)11-10-16-6-2-1-3-7-16/h16-19,23H,1-15H2,(H,21,24). The summed E-state index contributed by atoms with van der Waals surface area (Å²) in [5.41, 5.74) is 0. The van der Waals surface area contributed by atoms with Crippen LogP contribution in [0.1, 0.15) is 83.5 Å². The molecule has 1 saturated heterocycles. The molecule has 0 aromatic heterocycles. The van der Waals surface area contributed by atoms with Gasteiger partial charge in [0.2, 0.25) is 5.91 Å². The van der Waals surface area contributed by atoms with Gasteiger partial charge in [-0.1, -0.05) is 44.9 Å². The maximum Gasteiger partial charge on any atom is 0.220 e. The third-order valence-electron chi connectivity index (χ3n) is 6.56. The highest BCUT2D eigenvalue weighted by Gasteiger charge is 2.31. The van der Waals surface area contributed by atoms with E-state index in [0.29, 0.717) is 18.5 Å². The molecule has 0 radical (unpaired) electrons. The van der Waals surface area contributed by atoms with Gasteiger partial charge in [0.05, 0.1) is 6.10 Å². The number of nitrogens with zero attached hydrogens (tertiary/aromatic N) is 1. The lowest BCUT2D eigenvalue weighted by Gasteiger charge is -2.41. The molecule has 2 atom stereocenters. The molecule has 0 aromatic carbocycles. The molecule has 138 valence electrons. The first-order chi connectivity index (χ1) is 11.7. The van der Waals surface area contributed by atoms with Gasteiger partial charge in [0.1, 0.15) is 0 Å². The van der Waals surface area contributed by atoms with Crippen molar-refractivity contribution in [1.29, 1.82) is 0 Å². The number of likely N-dealkylation sites (tertiary alicyclic amines) is 1. The molecule has 3 fully saturated rings. The fourth-order valence-corrected chi connectivity index (χ4v) is 5.00. The number of aliphatic hydroxyl groups is 1. The molecular weight excluding hydrogens is 300 g/mol. The molecular formula is C20H36N2O2. The summed E-state index contributed by atoms with van der Waals surface area (Å²) in [5, 5.41) is 13.5. The lowest BCUT2D eigenvalue weighted by molar-refractivity contribution is -0.122. The molecule has 1 heterocycles. The van der Waals surface area contributed by atoms with Crippen molar-refractivity contribution < 1.29 is 9.90 Å². The number of piperidine rings is 1. The Morgan fingerprint density at radius 1 is 0.917 bits per heavy atom. The van der Waals surface area contributed by atoms with Crippen LogP contribution in [0.4, 0.5) is 0 Å². The summed E-state index contributed by atoms with van der Waals surface area (Å²) in [6, 6.07) is 0.711. The van der Waals surface area contributed by atoms with Crippen molar-refractivity contribution in [3.63, 3.8) is 0 Å². The molecule has 4 nitrogen and oxygen atoms in total. The molecule has 1 aliphatic heterocycles. The monoisotopic (exact) mass is 336 g/mol. The maximum absolute atomic E-state index is 12.2. The Labute approximate surface area is 147 Å². The van der Waals surface area contributed by atoms with Gasteiger partial charge in [-0.3, -0.25) is 9.69 Å². The molecule has 0 aromatic rings. The molecule has 2 N–H and O–H groups in total. The molecule has 1 amide bonds. The van der Waals surface area contributed by atoms with Crippen molar-refractivity contribution >= 4 is 5.91 Å². The number of carbonyl (C=O) groups excluding carboxylic acids is 1. The predicted molar refractivity (Wildman–Crippen MR) is 96.8 cm³/mol. The summed E-state index contributed by atoms with van der Waals surface area (Å²) in [4.78, 5) is 14.7. The third-order valence-corrected chi connectivity index (χ3v) is 6.56. The smallest absolute Gasteiger partial charge is 0.220 e. The van der Waals surface area contributed by atoms with Crippen molar-refractivity contribution in [2.45, 2.75) is 102 Å². The zero-order valence-electron chi connectivity index (χ0n) is 15.2. The Morgan fingerprint density at radius 3 is 2.29 bits per heavy atom. The van der Waals surface area contributed by atoms with Crippen LogP contribution in [0.25, 0.3) is 0 Å². The number of rotatable bonds is 5. The highest BCUT2D eigenvalue weighted by Crippen LogP contribution is 2.28. The minimum absolute atomic E-state index is 0.139. The van der Waals surface area contributed by atoms with Crippen molar-refractivity contribution in [2.75, 3.05) is 13.1 Å². The number of aliphatic hydroxyl groups excluding tert-OH is 1. The quantitative estimate of drug-likeness (QED) is 0.810. The number of hydrogen-bond acceptors (Lipinski definition) is 3. The summed E-state index contributed by atoms with van der Waals surface area (Å²) in [7, 11) is 0. The van der Waals surface area contributed by atoms with E-state index in [1.165, 1.54) is 44.9 Å². The average molecular weight is 337 g/mol. The number of carbonyl (C=O) groups is 1. The van der Waals surface area contributed by atoms with E-state index < -0.39 is 0 Å². The highest BCUT2D eigenvalue weighted by atomic mass is 16.3. The molecule has 3 aliphatic rings. The lowest BCUT2D eigenvalue weighted by Crippen LogP contribution is -2.52. The number of hydrogen-bond donors (Lipinski definition) is 2. The first-order valence-corrected chi connectivity index (χ1v) is 10.4. The van der Waals surface area contributed by atoms with Crippen molar-refractivity contribution in [2.24, 2.45) is 5.92 Å². The number of amides is 1. The van der Waals surface area contributed by atoms with Crippen molar-refractivity contribution in [3.8, 4) is 0 Å². The molecule has 3 rings (SSSR count). The van der Waals surface area contributed by atoms with E-state index >= 15 is 0 Å². The Hall–Kier alpha value is -0.610. The first kappa shape index (κ1) is 18.2. The van der Waals surface area contributed by atoms with E-state index in [-0.39, 0.29) is 12.0 Å². The summed E-state index contributed by atoms with van der Waals surface area (Å²) >= 11 is 0. The minimum Gasteiger partial charge on any atom is -0.391 e. The van der Waals surface area contributed by atoms with Crippen LogP contribution in [-0.4, -0.2) is 47.2 Å². The fraction of sp³-hybridized carbons (Fsp3) is 0.950. The van der Waals surface area contributed by atoms with Crippen LogP contribution in [0.15, 0.2) is 0 Å². The van der Waals surface area contributed by atoms with E-state index in [1.54, 1.807) is 0 Å². The van der Waals surface area contributed by atoms with Gasteiger partial charge < -0.3 is 10.4 Å². The zero-order chi connectivity index (χ0) is 16.8. The van der Waals surface area contributed by atoms with E-state index in [2.05, 4.69) is 10.2 Å². The van der Waals surface area contributed by atoms with Gasteiger partial charge in [-0.2, -0.15) is 0 Å². The van der Waals surface area contributed by atoms with Crippen LogP contribution in [0.5, 0.6) is 0 Å². The van der Waals surface area contributed by atoms with Crippen molar-refractivity contribution in [1.82, 2.24) is 10.2 Å². The topological polar surface area (TPSA) is 52.6 Å². The van der Waals surface area contributed by atoms with Crippen LogP contribution >= 0.6 is 0 Å². The fourth-order valence-electron chi connectivity index (χ4n) is 5.00.